The van der Waals surface area contributed by atoms with Crippen molar-refractivity contribution in [2.75, 3.05) is 26.8 Å². The van der Waals surface area contributed by atoms with Gasteiger partial charge >= 0.3 is 0 Å². The average molecular weight is 622 g/mol. The Balaban J connectivity index is 1.92. The van der Waals surface area contributed by atoms with Crippen molar-refractivity contribution in [1.82, 2.24) is 5.32 Å². The number of rotatable bonds is 11. The molecule has 1 amide bonds. The number of hydrogen-bond donors (Lipinski definition) is 3. The second-order valence-electron chi connectivity index (χ2n) is 6.58. The lowest BCUT2D eigenvalue weighted by Gasteiger charge is -2.12. The molecular formula is C21H24Br3N3O4. The number of halogens is 3. The van der Waals surface area contributed by atoms with E-state index in [4.69, 9.17) is 15.2 Å². The highest BCUT2D eigenvalue weighted by atomic mass is 79.9. The van der Waals surface area contributed by atoms with Crippen molar-refractivity contribution < 1.29 is 19.5 Å². The summed E-state index contributed by atoms with van der Waals surface area (Å²) in [5.74, 6) is 0.986. The highest BCUT2D eigenvalue weighted by Gasteiger charge is 2.15. The van der Waals surface area contributed by atoms with Gasteiger partial charge in [0.05, 0.1) is 27.1 Å². The predicted molar refractivity (Wildman–Crippen MR) is 131 cm³/mol. The molecule has 0 bridgehead atoms. The first-order valence-electron chi connectivity index (χ1n) is 9.52. The molecule has 0 saturated heterocycles. The Labute approximate surface area is 206 Å². The molecule has 168 valence electrons. The Morgan fingerprint density at radius 3 is 2.39 bits per heavy atom. The van der Waals surface area contributed by atoms with Gasteiger partial charge in [0.2, 0.25) is 0 Å². The number of methoxy groups -OCH3 is 1. The minimum absolute atomic E-state index is 0.0306. The maximum absolute atomic E-state index is 12.4. The molecule has 4 N–H and O–H groups in total. The summed E-state index contributed by atoms with van der Waals surface area (Å²) in [4.78, 5) is 12.4. The van der Waals surface area contributed by atoms with Gasteiger partial charge in [-0.05, 0) is 103 Å². The summed E-state index contributed by atoms with van der Waals surface area (Å²) in [6.45, 7) is 1.50. The van der Waals surface area contributed by atoms with Crippen molar-refractivity contribution >= 4 is 59.4 Å². The third kappa shape index (κ3) is 7.78. The van der Waals surface area contributed by atoms with E-state index in [1.54, 1.807) is 13.2 Å². The molecule has 0 aliphatic carbocycles. The van der Waals surface area contributed by atoms with Gasteiger partial charge in [-0.1, -0.05) is 11.2 Å². The average Bonchev–Trinajstić information content (AvgIpc) is 2.74. The quantitative estimate of drug-likeness (QED) is 0.149. The molecule has 10 heteroatoms. The van der Waals surface area contributed by atoms with Gasteiger partial charge in [0.1, 0.15) is 17.2 Å². The van der Waals surface area contributed by atoms with E-state index in [1.807, 2.05) is 24.3 Å². The van der Waals surface area contributed by atoms with Crippen LogP contribution in [0.5, 0.6) is 11.5 Å². The summed E-state index contributed by atoms with van der Waals surface area (Å²) in [7, 11) is 1.58. The second-order valence-corrected chi connectivity index (χ2v) is 9.14. The maximum atomic E-state index is 12.4. The van der Waals surface area contributed by atoms with Crippen LogP contribution in [0.2, 0.25) is 0 Å². The zero-order chi connectivity index (χ0) is 22.8. The number of nitrogens with one attached hydrogen (secondary N) is 1. The van der Waals surface area contributed by atoms with E-state index in [0.717, 1.165) is 36.7 Å². The highest BCUT2D eigenvalue weighted by molar-refractivity contribution is 9.11. The van der Waals surface area contributed by atoms with Gasteiger partial charge in [0.15, 0.2) is 0 Å². The fourth-order valence-corrected chi connectivity index (χ4v) is 4.85. The SMILES string of the molecule is COc1ccc(C/C(=N/O)C(=O)NCCc2cc(Br)c(OCCCN)c(Br)c2)cc1Br. The topological polar surface area (TPSA) is 106 Å². The lowest BCUT2D eigenvalue weighted by molar-refractivity contribution is -0.115. The molecule has 0 fully saturated rings. The molecule has 0 saturated carbocycles. The van der Waals surface area contributed by atoms with E-state index >= 15 is 0 Å². The lowest BCUT2D eigenvalue weighted by atomic mass is 10.1. The number of carbonyl (C=O) groups is 1. The van der Waals surface area contributed by atoms with Crippen LogP contribution < -0.4 is 20.5 Å². The number of nitrogens with two attached hydrogens (primary N) is 1. The first-order chi connectivity index (χ1) is 14.9. The summed E-state index contributed by atoms with van der Waals surface area (Å²) in [6.07, 6.45) is 1.56. The summed E-state index contributed by atoms with van der Waals surface area (Å²) >= 11 is 10.4. The van der Waals surface area contributed by atoms with Gasteiger partial charge in [0.25, 0.3) is 5.91 Å². The number of nitrogens with zero attached hydrogens (tertiary/aromatic N) is 1. The first-order valence-corrected chi connectivity index (χ1v) is 11.9. The van der Waals surface area contributed by atoms with Gasteiger partial charge in [-0.2, -0.15) is 0 Å². The van der Waals surface area contributed by atoms with Crippen LogP contribution in [0.3, 0.4) is 0 Å². The molecule has 31 heavy (non-hydrogen) atoms. The molecule has 2 rings (SSSR count). The third-order valence-electron chi connectivity index (χ3n) is 4.32. The molecule has 2 aromatic rings. The minimum Gasteiger partial charge on any atom is -0.496 e. The monoisotopic (exact) mass is 619 g/mol. The summed E-state index contributed by atoms with van der Waals surface area (Å²) in [5.41, 5.74) is 7.35. The molecule has 0 aliphatic rings. The summed E-state index contributed by atoms with van der Waals surface area (Å²) < 4.78 is 13.3. The third-order valence-corrected chi connectivity index (χ3v) is 6.12. The Morgan fingerprint density at radius 2 is 1.81 bits per heavy atom. The molecule has 7 nitrogen and oxygen atoms in total. The van der Waals surface area contributed by atoms with Crippen LogP contribution in [0.4, 0.5) is 0 Å². The number of benzene rings is 2. The van der Waals surface area contributed by atoms with Gasteiger partial charge < -0.3 is 25.7 Å². The molecule has 0 unspecified atom stereocenters. The van der Waals surface area contributed by atoms with E-state index in [9.17, 15) is 10.0 Å². The zero-order valence-corrected chi connectivity index (χ0v) is 21.7. The van der Waals surface area contributed by atoms with Crippen molar-refractivity contribution in [3.63, 3.8) is 0 Å². The van der Waals surface area contributed by atoms with Crippen molar-refractivity contribution in [1.29, 1.82) is 0 Å². The van der Waals surface area contributed by atoms with Gasteiger partial charge in [-0.3, -0.25) is 4.79 Å². The van der Waals surface area contributed by atoms with E-state index in [2.05, 4.69) is 58.3 Å². The zero-order valence-electron chi connectivity index (χ0n) is 17.0. The van der Waals surface area contributed by atoms with Gasteiger partial charge in [-0.25, -0.2) is 0 Å². The first kappa shape index (κ1) is 25.6. The Hall–Kier alpha value is -1.62. The van der Waals surface area contributed by atoms with E-state index in [0.29, 0.717) is 31.9 Å². The molecule has 0 spiro atoms. The Bertz CT molecular complexity index is 915. The summed E-state index contributed by atoms with van der Waals surface area (Å²) in [5, 5.41) is 15.3. The van der Waals surface area contributed by atoms with Crippen LogP contribution in [0.25, 0.3) is 0 Å². The normalized spacial score (nSPS) is 11.3. The van der Waals surface area contributed by atoms with Crippen LogP contribution in [0.15, 0.2) is 48.9 Å². The smallest absolute Gasteiger partial charge is 0.269 e. The second kappa shape index (κ2) is 13.0. The Morgan fingerprint density at radius 1 is 1.13 bits per heavy atom. The summed E-state index contributed by atoms with van der Waals surface area (Å²) in [6, 6.07) is 9.32. The molecule has 0 atom stereocenters. The molecule has 2 aromatic carbocycles. The fraction of sp³-hybridized carbons (Fsp3) is 0.333. The van der Waals surface area contributed by atoms with Crippen LogP contribution in [0.1, 0.15) is 17.5 Å². The van der Waals surface area contributed by atoms with Crippen LogP contribution in [-0.4, -0.2) is 43.6 Å². The number of ether oxygens (including phenoxy) is 2. The van der Waals surface area contributed by atoms with Crippen molar-refractivity contribution in [2.24, 2.45) is 10.9 Å². The van der Waals surface area contributed by atoms with Crippen LogP contribution in [-0.2, 0) is 17.6 Å². The van der Waals surface area contributed by atoms with Crippen LogP contribution in [0, 0.1) is 0 Å². The molecule has 0 aromatic heterocycles. The van der Waals surface area contributed by atoms with Gasteiger partial charge in [-0.15, -0.1) is 0 Å². The molecular weight excluding hydrogens is 598 g/mol. The van der Waals surface area contributed by atoms with Crippen molar-refractivity contribution in [3.05, 3.63) is 54.9 Å². The van der Waals surface area contributed by atoms with E-state index < -0.39 is 5.91 Å². The van der Waals surface area contributed by atoms with Crippen molar-refractivity contribution in [2.45, 2.75) is 19.3 Å². The number of hydrogen-bond acceptors (Lipinski definition) is 6. The van der Waals surface area contributed by atoms with Crippen LogP contribution >= 0.6 is 47.8 Å². The standard InChI is InChI=1S/C21H24Br3N3O4/c1-30-19-4-3-13(9-15(19)22)12-18(27-29)21(28)26-7-5-14-10-16(23)20(17(24)11-14)31-8-2-6-25/h3-4,9-11,29H,2,5-8,12,25H2,1H3,(H,26,28)/b27-18-. The number of oxime groups is 1. The van der Waals surface area contributed by atoms with Crippen molar-refractivity contribution in [3.8, 4) is 11.5 Å². The minimum atomic E-state index is -0.422. The highest BCUT2D eigenvalue weighted by Crippen LogP contribution is 2.35. The maximum Gasteiger partial charge on any atom is 0.269 e. The fourth-order valence-electron chi connectivity index (χ4n) is 2.75. The molecule has 0 heterocycles. The largest absolute Gasteiger partial charge is 0.496 e. The van der Waals surface area contributed by atoms with E-state index in [-0.39, 0.29) is 12.1 Å². The lowest BCUT2D eigenvalue weighted by Crippen LogP contribution is -2.33. The van der Waals surface area contributed by atoms with Gasteiger partial charge in [0, 0.05) is 13.0 Å². The predicted octanol–water partition coefficient (Wildman–Crippen LogP) is 4.44. The number of amides is 1. The van der Waals surface area contributed by atoms with E-state index in [1.165, 1.54) is 0 Å². The molecule has 0 aliphatic heterocycles. The molecule has 0 radical (unpaired) electrons. The number of carbonyl (C=O) groups excluding carboxylic acids is 1. The Kier molecular flexibility index (Phi) is 10.8.